The molecule has 1 aromatic heterocycles. The van der Waals surface area contributed by atoms with Gasteiger partial charge in [-0.25, -0.2) is 4.98 Å². The van der Waals surface area contributed by atoms with Gasteiger partial charge in [-0.15, -0.1) is 0 Å². The summed E-state index contributed by atoms with van der Waals surface area (Å²) < 4.78 is 11.2. The number of hydrogen-bond acceptors (Lipinski definition) is 7. The van der Waals surface area contributed by atoms with Crippen molar-refractivity contribution in [2.45, 2.75) is 12.8 Å². The number of fused-ring (bicyclic) bond motifs is 3. The van der Waals surface area contributed by atoms with E-state index in [-0.39, 0.29) is 18.5 Å². The monoisotopic (exact) mass is 356 g/mol. The predicted octanol–water partition coefficient (Wildman–Crippen LogP) is 1.44. The van der Waals surface area contributed by atoms with Crippen LogP contribution in [0.4, 0.5) is 11.8 Å². The number of nitrogens with zero attached hydrogens (tertiary/aromatic N) is 3. The van der Waals surface area contributed by atoms with Crippen molar-refractivity contribution < 1.29 is 19.4 Å². The van der Waals surface area contributed by atoms with Crippen molar-refractivity contribution in [3.05, 3.63) is 35.5 Å². The summed E-state index contributed by atoms with van der Waals surface area (Å²) >= 11 is 0. The lowest BCUT2D eigenvalue weighted by molar-refractivity contribution is -0.151. The standard InChI is InChI=1S/C18H20N4O4/c1-10-6-14(21-17(19)20-10)22-7-12-11-4-3-5-13(25-2)15(11)26-9-18(12,8-22)16(23)24/h3-6,12H,7-9H2,1-2H3,(H,23,24)(H2,19,20,21)/t12?,18-/m1/s1. The lowest BCUT2D eigenvalue weighted by atomic mass is 9.73. The highest BCUT2D eigenvalue weighted by molar-refractivity contribution is 5.80. The van der Waals surface area contributed by atoms with E-state index in [4.69, 9.17) is 15.2 Å². The summed E-state index contributed by atoms with van der Waals surface area (Å²) in [7, 11) is 1.57. The number of carbonyl (C=O) groups is 1. The number of methoxy groups -OCH3 is 1. The number of rotatable bonds is 3. The molecule has 0 saturated carbocycles. The molecule has 2 aliphatic heterocycles. The third-order valence-corrected chi connectivity index (χ3v) is 5.23. The van der Waals surface area contributed by atoms with Crippen molar-refractivity contribution in [2.75, 3.05) is 37.4 Å². The number of carboxylic acids is 1. The van der Waals surface area contributed by atoms with E-state index in [1.54, 1.807) is 7.11 Å². The van der Waals surface area contributed by atoms with Gasteiger partial charge in [-0.05, 0) is 13.0 Å². The maximum atomic E-state index is 12.2. The first-order chi connectivity index (χ1) is 12.4. The third kappa shape index (κ3) is 2.33. The maximum absolute atomic E-state index is 12.2. The lowest BCUT2D eigenvalue weighted by Crippen LogP contribution is -2.45. The van der Waals surface area contributed by atoms with Gasteiger partial charge in [-0.3, -0.25) is 4.79 Å². The summed E-state index contributed by atoms with van der Waals surface area (Å²) in [5, 5.41) is 10.0. The van der Waals surface area contributed by atoms with Crippen LogP contribution in [0.15, 0.2) is 24.3 Å². The van der Waals surface area contributed by atoms with Gasteiger partial charge in [-0.2, -0.15) is 4.98 Å². The van der Waals surface area contributed by atoms with Crippen LogP contribution in [-0.4, -0.2) is 47.8 Å². The molecule has 4 rings (SSSR count). The number of carboxylic acid groups (broad SMARTS) is 1. The van der Waals surface area contributed by atoms with Crippen molar-refractivity contribution >= 4 is 17.7 Å². The van der Waals surface area contributed by atoms with Crippen LogP contribution in [0, 0.1) is 12.3 Å². The molecule has 1 saturated heterocycles. The van der Waals surface area contributed by atoms with E-state index in [2.05, 4.69) is 9.97 Å². The molecule has 2 aromatic rings. The molecule has 3 heterocycles. The van der Waals surface area contributed by atoms with Gasteiger partial charge in [0.25, 0.3) is 0 Å². The number of nitrogen functional groups attached to an aromatic ring is 1. The van der Waals surface area contributed by atoms with E-state index >= 15 is 0 Å². The summed E-state index contributed by atoms with van der Waals surface area (Å²) in [5.41, 5.74) is 6.31. The highest BCUT2D eigenvalue weighted by atomic mass is 16.5. The summed E-state index contributed by atoms with van der Waals surface area (Å²) in [6, 6.07) is 7.39. The Morgan fingerprint density at radius 2 is 2.27 bits per heavy atom. The Labute approximate surface area is 150 Å². The van der Waals surface area contributed by atoms with Crippen LogP contribution < -0.4 is 20.1 Å². The van der Waals surface area contributed by atoms with Gasteiger partial charge in [0.15, 0.2) is 11.5 Å². The van der Waals surface area contributed by atoms with Gasteiger partial charge in [0.1, 0.15) is 17.8 Å². The van der Waals surface area contributed by atoms with Crippen LogP contribution >= 0.6 is 0 Å². The Morgan fingerprint density at radius 1 is 1.46 bits per heavy atom. The Morgan fingerprint density at radius 3 is 2.96 bits per heavy atom. The fraction of sp³-hybridized carbons (Fsp3) is 0.389. The Bertz CT molecular complexity index is 867. The predicted molar refractivity (Wildman–Crippen MR) is 94.7 cm³/mol. The second-order valence-corrected chi connectivity index (χ2v) is 6.79. The SMILES string of the molecule is COc1cccc2c1OC[C@]1(C(=O)O)CN(c3cc(C)nc(N)n3)CC21. The second-order valence-electron chi connectivity index (χ2n) is 6.79. The van der Waals surface area contributed by atoms with Crippen LogP contribution in [0.25, 0.3) is 0 Å². The summed E-state index contributed by atoms with van der Waals surface area (Å²) in [4.78, 5) is 22.6. The molecule has 26 heavy (non-hydrogen) atoms. The summed E-state index contributed by atoms with van der Waals surface area (Å²) in [5.74, 6) is 0.929. The Balaban J connectivity index is 1.79. The number of hydrogen-bond donors (Lipinski definition) is 2. The minimum Gasteiger partial charge on any atom is -0.493 e. The van der Waals surface area contributed by atoms with Crippen molar-refractivity contribution in [3.63, 3.8) is 0 Å². The number of aromatic nitrogens is 2. The van der Waals surface area contributed by atoms with Gasteiger partial charge in [0.2, 0.25) is 5.95 Å². The van der Waals surface area contributed by atoms with Crippen molar-refractivity contribution in [3.8, 4) is 11.5 Å². The molecule has 2 atom stereocenters. The Kier molecular flexibility index (Phi) is 3.64. The fourth-order valence-electron chi connectivity index (χ4n) is 3.97. The molecule has 3 N–H and O–H groups in total. The molecule has 0 bridgehead atoms. The summed E-state index contributed by atoms with van der Waals surface area (Å²) in [6.45, 7) is 2.71. The molecular weight excluding hydrogens is 336 g/mol. The molecule has 2 aliphatic rings. The molecule has 136 valence electrons. The van der Waals surface area contributed by atoms with Crippen LogP contribution in [-0.2, 0) is 4.79 Å². The Hall–Kier alpha value is -3.03. The fourth-order valence-corrected chi connectivity index (χ4v) is 3.97. The number of anilines is 2. The highest BCUT2D eigenvalue weighted by Crippen LogP contribution is 2.52. The maximum Gasteiger partial charge on any atom is 0.315 e. The first kappa shape index (κ1) is 16.4. The van der Waals surface area contributed by atoms with Crippen LogP contribution in [0.3, 0.4) is 0 Å². The quantitative estimate of drug-likeness (QED) is 0.850. The molecule has 1 aromatic carbocycles. The topological polar surface area (TPSA) is 111 Å². The number of aryl methyl sites for hydroxylation is 1. The van der Waals surface area contributed by atoms with Crippen LogP contribution in [0.1, 0.15) is 17.2 Å². The number of ether oxygens (including phenoxy) is 2. The minimum atomic E-state index is -1.05. The molecule has 0 spiro atoms. The smallest absolute Gasteiger partial charge is 0.315 e. The molecule has 0 aliphatic carbocycles. The van der Waals surface area contributed by atoms with E-state index in [9.17, 15) is 9.90 Å². The van der Waals surface area contributed by atoms with Gasteiger partial charge in [0.05, 0.1) is 7.11 Å². The van der Waals surface area contributed by atoms with E-state index in [0.717, 1.165) is 11.3 Å². The van der Waals surface area contributed by atoms with Gasteiger partial charge < -0.3 is 25.2 Å². The highest BCUT2D eigenvalue weighted by Gasteiger charge is 2.57. The third-order valence-electron chi connectivity index (χ3n) is 5.23. The van der Waals surface area contributed by atoms with Crippen molar-refractivity contribution in [2.24, 2.45) is 5.41 Å². The zero-order valence-electron chi connectivity index (χ0n) is 14.6. The van der Waals surface area contributed by atoms with Gasteiger partial charge in [0, 0.05) is 36.3 Å². The molecule has 1 unspecified atom stereocenters. The average molecular weight is 356 g/mol. The molecule has 0 amide bonds. The van der Waals surface area contributed by atoms with E-state index in [0.29, 0.717) is 30.4 Å². The second kappa shape index (κ2) is 5.76. The molecule has 8 heteroatoms. The number of para-hydroxylation sites is 1. The minimum absolute atomic E-state index is 0.0798. The van der Waals surface area contributed by atoms with E-state index < -0.39 is 11.4 Å². The largest absolute Gasteiger partial charge is 0.493 e. The zero-order chi connectivity index (χ0) is 18.5. The molecular formula is C18H20N4O4. The molecule has 1 fully saturated rings. The zero-order valence-corrected chi connectivity index (χ0v) is 14.6. The summed E-state index contributed by atoms with van der Waals surface area (Å²) in [6.07, 6.45) is 0. The lowest BCUT2D eigenvalue weighted by Gasteiger charge is -2.36. The van der Waals surface area contributed by atoms with Crippen molar-refractivity contribution in [1.29, 1.82) is 0 Å². The van der Waals surface area contributed by atoms with E-state index in [1.165, 1.54) is 0 Å². The first-order valence-electron chi connectivity index (χ1n) is 8.34. The number of aliphatic carboxylic acids is 1. The number of nitrogens with two attached hydrogens (primary N) is 1. The molecule has 0 radical (unpaired) electrons. The normalized spacial score (nSPS) is 23.8. The number of benzene rings is 1. The van der Waals surface area contributed by atoms with Crippen LogP contribution in [0.2, 0.25) is 0 Å². The van der Waals surface area contributed by atoms with Crippen molar-refractivity contribution in [1.82, 2.24) is 9.97 Å². The van der Waals surface area contributed by atoms with Gasteiger partial charge >= 0.3 is 5.97 Å². The van der Waals surface area contributed by atoms with Gasteiger partial charge in [-0.1, -0.05) is 12.1 Å². The van der Waals surface area contributed by atoms with E-state index in [1.807, 2.05) is 36.1 Å². The average Bonchev–Trinajstić information content (AvgIpc) is 3.02. The molecule has 8 nitrogen and oxygen atoms in total. The first-order valence-corrected chi connectivity index (χ1v) is 8.34. The van der Waals surface area contributed by atoms with Crippen LogP contribution in [0.5, 0.6) is 11.5 Å².